The highest BCUT2D eigenvalue weighted by atomic mass is 16.5. The second-order valence-electron chi connectivity index (χ2n) is 6.62. The molecule has 2 aromatic carbocycles. The first-order valence-electron chi connectivity index (χ1n) is 8.83. The predicted octanol–water partition coefficient (Wildman–Crippen LogP) is 2.39. The van der Waals surface area contributed by atoms with E-state index in [1.807, 2.05) is 17.0 Å². The van der Waals surface area contributed by atoms with Gasteiger partial charge in [0, 0.05) is 30.8 Å². The largest absolute Gasteiger partial charge is 0.482 e. The number of hydrogen-bond acceptors (Lipinski definition) is 4. The first-order chi connectivity index (χ1) is 13.1. The molecule has 2 aliphatic heterocycles. The summed E-state index contributed by atoms with van der Waals surface area (Å²) in [6.07, 6.45) is 1.53. The van der Waals surface area contributed by atoms with Crippen LogP contribution in [0, 0.1) is 0 Å². The smallest absolute Gasteiger partial charge is 0.262 e. The van der Waals surface area contributed by atoms with Crippen molar-refractivity contribution in [1.29, 1.82) is 0 Å². The van der Waals surface area contributed by atoms with Gasteiger partial charge in [-0.2, -0.15) is 0 Å². The lowest BCUT2D eigenvalue weighted by Gasteiger charge is -2.18. The molecule has 2 aromatic rings. The van der Waals surface area contributed by atoms with Gasteiger partial charge in [0.15, 0.2) is 6.61 Å². The van der Waals surface area contributed by atoms with Gasteiger partial charge in [0.25, 0.3) is 11.8 Å². The van der Waals surface area contributed by atoms with Crippen LogP contribution in [0.1, 0.15) is 28.8 Å². The van der Waals surface area contributed by atoms with E-state index in [9.17, 15) is 14.4 Å². The normalized spacial score (nSPS) is 15.8. The molecule has 27 heavy (non-hydrogen) atoms. The van der Waals surface area contributed by atoms with Crippen LogP contribution in [-0.4, -0.2) is 35.8 Å². The number of ether oxygens (including phenoxy) is 1. The molecule has 0 spiro atoms. The Labute approximate surface area is 156 Å². The molecule has 2 N–H and O–H groups in total. The average Bonchev–Trinajstić information content (AvgIpc) is 3.06. The summed E-state index contributed by atoms with van der Waals surface area (Å²) in [5.41, 5.74) is 2.62. The molecule has 0 aromatic heterocycles. The zero-order valence-electron chi connectivity index (χ0n) is 14.7. The molecule has 3 amide bonds. The average molecular weight is 365 g/mol. The van der Waals surface area contributed by atoms with Crippen molar-refractivity contribution in [3.8, 4) is 5.75 Å². The summed E-state index contributed by atoms with van der Waals surface area (Å²) in [7, 11) is 0. The van der Waals surface area contributed by atoms with Crippen molar-refractivity contribution < 1.29 is 19.1 Å². The van der Waals surface area contributed by atoms with Crippen molar-refractivity contribution in [2.24, 2.45) is 0 Å². The number of nitrogens with one attached hydrogen (secondary N) is 2. The van der Waals surface area contributed by atoms with Gasteiger partial charge in [0.05, 0.1) is 5.69 Å². The number of rotatable bonds is 4. The zero-order valence-corrected chi connectivity index (χ0v) is 14.7. The highest BCUT2D eigenvalue weighted by molar-refractivity contribution is 6.05. The molecule has 0 unspecified atom stereocenters. The summed E-state index contributed by atoms with van der Waals surface area (Å²) in [4.78, 5) is 37.4. The summed E-state index contributed by atoms with van der Waals surface area (Å²) >= 11 is 0. The SMILES string of the molecule is O=C1COc2ccc(NC(=O)c3ccc(CN4CCCC4=O)cc3)cc2N1. The Morgan fingerprint density at radius 1 is 1.15 bits per heavy atom. The molecule has 0 aliphatic carbocycles. The van der Waals surface area contributed by atoms with E-state index >= 15 is 0 Å². The Kier molecular flexibility index (Phi) is 4.50. The van der Waals surface area contributed by atoms with Gasteiger partial charge in [0.2, 0.25) is 5.91 Å². The highest BCUT2D eigenvalue weighted by Crippen LogP contribution is 2.30. The van der Waals surface area contributed by atoms with E-state index < -0.39 is 0 Å². The van der Waals surface area contributed by atoms with Gasteiger partial charge in [0.1, 0.15) is 5.75 Å². The second kappa shape index (κ2) is 7.11. The van der Waals surface area contributed by atoms with Gasteiger partial charge >= 0.3 is 0 Å². The number of likely N-dealkylation sites (tertiary alicyclic amines) is 1. The molecular formula is C20H19N3O4. The topological polar surface area (TPSA) is 87.7 Å². The molecule has 0 atom stereocenters. The Hall–Kier alpha value is -3.35. The fourth-order valence-electron chi connectivity index (χ4n) is 3.22. The lowest BCUT2D eigenvalue weighted by Crippen LogP contribution is -2.25. The molecule has 0 radical (unpaired) electrons. The fourth-order valence-corrected chi connectivity index (χ4v) is 3.22. The Bertz CT molecular complexity index is 908. The van der Waals surface area contributed by atoms with Crippen molar-refractivity contribution in [3.05, 3.63) is 53.6 Å². The van der Waals surface area contributed by atoms with Crippen LogP contribution in [0.5, 0.6) is 5.75 Å². The molecule has 0 bridgehead atoms. The first-order valence-corrected chi connectivity index (χ1v) is 8.83. The van der Waals surface area contributed by atoms with E-state index in [0.717, 1.165) is 18.5 Å². The van der Waals surface area contributed by atoms with Gasteiger partial charge in [-0.3, -0.25) is 14.4 Å². The summed E-state index contributed by atoms with van der Waals surface area (Å²) in [6.45, 7) is 1.36. The predicted molar refractivity (Wildman–Crippen MR) is 99.6 cm³/mol. The monoisotopic (exact) mass is 365 g/mol. The summed E-state index contributed by atoms with van der Waals surface area (Å²) in [5.74, 6) is 0.286. The maximum Gasteiger partial charge on any atom is 0.262 e. The van der Waals surface area contributed by atoms with Gasteiger partial charge in [-0.1, -0.05) is 12.1 Å². The number of carbonyl (C=O) groups excluding carboxylic acids is 3. The van der Waals surface area contributed by atoms with E-state index in [1.165, 1.54) is 0 Å². The van der Waals surface area contributed by atoms with Gasteiger partial charge in [-0.05, 0) is 42.3 Å². The van der Waals surface area contributed by atoms with E-state index in [4.69, 9.17) is 4.74 Å². The third kappa shape index (κ3) is 3.76. The van der Waals surface area contributed by atoms with E-state index in [2.05, 4.69) is 10.6 Å². The lowest BCUT2D eigenvalue weighted by molar-refractivity contribution is -0.128. The number of amides is 3. The highest BCUT2D eigenvalue weighted by Gasteiger charge is 2.20. The van der Waals surface area contributed by atoms with Crippen LogP contribution in [-0.2, 0) is 16.1 Å². The molecule has 2 aliphatic rings. The van der Waals surface area contributed by atoms with E-state index in [0.29, 0.717) is 35.7 Å². The lowest BCUT2D eigenvalue weighted by atomic mass is 10.1. The number of benzene rings is 2. The van der Waals surface area contributed by atoms with E-state index in [-0.39, 0.29) is 24.3 Å². The standard InChI is InChI=1S/C20H19N3O4/c24-18-12-27-17-8-7-15(10-16(17)22-18)21-20(26)14-5-3-13(4-6-14)11-23-9-1-2-19(23)25/h3-8,10H,1-2,9,11-12H2,(H,21,26)(H,22,24). The van der Waals surface area contributed by atoms with Crippen molar-refractivity contribution in [3.63, 3.8) is 0 Å². The van der Waals surface area contributed by atoms with E-state index in [1.54, 1.807) is 30.3 Å². The maximum absolute atomic E-state index is 12.5. The van der Waals surface area contributed by atoms with Crippen molar-refractivity contribution in [1.82, 2.24) is 4.90 Å². The molecule has 7 heteroatoms. The Morgan fingerprint density at radius 3 is 2.70 bits per heavy atom. The molecule has 1 saturated heterocycles. The third-order valence-corrected chi connectivity index (χ3v) is 4.63. The maximum atomic E-state index is 12.5. The molecule has 2 heterocycles. The van der Waals surface area contributed by atoms with Crippen molar-refractivity contribution >= 4 is 29.1 Å². The summed E-state index contributed by atoms with van der Waals surface area (Å²) < 4.78 is 5.30. The zero-order chi connectivity index (χ0) is 18.8. The van der Waals surface area contributed by atoms with Crippen LogP contribution in [0.2, 0.25) is 0 Å². The Balaban J connectivity index is 1.41. The van der Waals surface area contributed by atoms with Gasteiger partial charge in [-0.25, -0.2) is 0 Å². The van der Waals surface area contributed by atoms with Crippen LogP contribution < -0.4 is 15.4 Å². The van der Waals surface area contributed by atoms with Crippen LogP contribution >= 0.6 is 0 Å². The second-order valence-corrected chi connectivity index (χ2v) is 6.62. The van der Waals surface area contributed by atoms with Crippen molar-refractivity contribution in [2.45, 2.75) is 19.4 Å². The minimum atomic E-state index is -0.248. The number of anilines is 2. The minimum absolute atomic E-state index is 0.00587. The summed E-state index contributed by atoms with van der Waals surface area (Å²) in [6, 6.07) is 12.3. The minimum Gasteiger partial charge on any atom is -0.482 e. The molecular weight excluding hydrogens is 346 g/mol. The van der Waals surface area contributed by atoms with Crippen LogP contribution in [0.15, 0.2) is 42.5 Å². The first kappa shape index (κ1) is 17.1. The molecule has 1 fully saturated rings. The molecule has 4 rings (SSSR count). The summed E-state index contributed by atoms with van der Waals surface area (Å²) in [5, 5.41) is 5.52. The molecule has 7 nitrogen and oxygen atoms in total. The number of hydrogen-bond donors (Lipinski definition) is 2. The van der Waals surface area contributed by atoms with Crippen LogP contribution in [0.3, 0.4) is 0 Å². The van der Waals surface area contributed by atoms with Crippen LogP contribution in [0.25, 0.3) is 0 Å². The van der Waals surface area contributed by atoms with Crippen LogP contribution in [0.4, 0.5) is 11.4 Å². The molecule has 138 valence electrons. The number of nitrogens with zero attached hydrogens (tertiary/aromatic N) is 1. The third-order valence-electron chi connectivity index (χ3n) is 4.63. The molecule has 0 saturated carbocycles. The number of fused-ring (bicyclic) bond motifs is 1. The quantitative estimate of drug-likeness (QED) is 0.871. The van der Waals surface area contributed by atoms with Gasteiger partial charge in [-0.15, -0.1) is 0 Å². The van der Waals surface area contributed by atoms with Gasteiger partial charge < -0.3 is 20.3 Å². The number of carbonyl (C=O) groups is 3. The Morgan fingerprint density at radius 2 is 1.96 bits per heavy atom. The fraction of sp³-hybridized carbons (Fsp3) is 0.250. The van der Waals surface area contributed by atoms with Crippen molar-refractivity contribution in [2.75, 3.05) is 23.8 Å².